The standard InChI is InChI=1S/C26H30N4O6S.H2/c1-16-14-26(2,3)30(15-16)23-18(24(31)29-37(33,34)21-10-7-13-27-25(21)32)11-12-19(28-23)17-8-6-9-20(35-4)22(17)36-5;/h6-13,16H,14-15H2,1-5H3,(H,27,32)(H,29,31);1H/t16-;/m0./s1. The van der Waals surface area contributed by atoms with E-state index in [1.54, 1.807) is 19.2 Å². The van der Waals surface area contributed by atoms with Crippen molar-refractivity contribution in [3.05, 3.63) is 64.6 Å². The van der Waals surface area contributed by atoms with E-state index in [9.17, 15) is 18.0 Å². The van der Waals surface area contributed by atoms with E-state index in [4.69, 9.17) is 14.5 Å². The van der Waals surface area contributed by atoms with Crippen LogP contribution in [0.15, 0.2) is 58.4 Å². The van der Waals surface area contributed by atoms with Gasteiger partial charge in [0.05, 0.1) is 25.5 Å². The van der Waals surface area contributed by atoms with Crippen molar-refractivity contribution in [3.63, 3.8) is 0 Å². The van der Waals surface area contributed by atoms with Gasteiger partial charge in [-0.3, -0.25) is 9.59 Å². The van der Waals surface area contributed by atoms with Crippen molar-refractivity contribution in [2.24, 2.45) is 5.92 Å². The van der Waals surface area contributed by atoms with Crippen molar-refractivity contribution < 1.29 is 24.1 Å². The molecule has 37 heavy (non-hydrogen) atoms. The Morgan fingerprint density at radius 1 is 1.16 bits per heavy atom. The summed E-state index contributed by atoms with van der Waals surface area (Å²) in [5.74, 6) is 0.797. The Kier molecular flexibility index (Phi) is 7.00. The summed E-state index contributed by atoms with van der Waals surface area (Å²) in [4.78, 5) is 34.1. The summed E-state index contributed by atoms with van der Waals surface area (Å²) in [7, 11) is -1.35. The lowest BCUT2D eigenvalue weighted by atomic mass is 9.97. The Bertz CT molecular complexity index is 1510. The molecule has 0 radical (unpaired) electrons. The van der Waals surface area contributed by atoms with Gasteiger partial charge in [0.1, 0.15) is 5.82 Å². The van der Waals surface area contributed by atoms with Crippen LogP contribution in [0, 0.1) is 5.92 Å². The highest BCUT2D eigenvalue weighted by atomic mass is 32.2. The van der Waals surface area contributed by atoms with Gasteiger partial charge in [0.15, 0.2) is 16.4 Å². The molecule has 4 rings (SSSR count). The predicted molar refractivity (Wildman–Crippen MR) is 142 cm³/mol. The molecule has 1 atom stereocenters. The summed E-state index contributed by atoms with van der Waals surface area (Å²) < 4.78 is 38.8. The van der Waals surface area contributed by atoms with Gasteiger partial charge in [0.25, 0.3) is 21.5 Å². The Morgan fingerprint density at radius 2 is 1.92 bits per heavy atom. The molecule has 0 bridgehead atoms. The van der Waals surface area contributed by atoms with Gasteiger partial charge in [-0.15, -0.1) is 0 Å². The molecule has 0 aliphatic carbocycles. The predicted octanol–water partition coefficient (Wildman–Crippen LogP) is 3.44. The summed E-state index contributed by atoms with van der Waals surface area (Å²) in [6.45, 7) is 6.85. The monoisotopic (exact) mass is 528 g/mol. The lowest BCUT2D eigenvalue weighted by molar-refractivity contribution is 0.0981. The fourth-order valence-electron chi connectivity index (χ4n) is 4.88. The third kappa shape index (κ3) is 5.04. The van der Waals surface area contributed by atoms with Gasteiger partial charge in [-0.25, -0.2) is 18.1 Å². The molecule has 0 saturated carbocycles. The highest BCUT2D eigenvalue weighted by Crippen LogP contribution is 2.41. The van der Waals surface area contributed by atoms with Crippen molar-refractivity contribution in [1.82, 2.24) is 14.7 Å². The van der Waals surface area contributed by atoms with Crippen molar-refractivity contribution in [2.75, 3.05) is 25.7 Å². The first kappa shape index (κ1) is 26.2. The normalized spacial score (nSPS) is 16.9. The van der Waals surface area contributed by atoms with E-state index < -0.39 is 26.4 Å². The summed E-state index contributed by atoms with van der Waals surface area (Å²) in [5, 5.41) is 0. The molecule has 3 heterocycles. The highest BCUT2D eigenvalue weighted by Gasteiger charge is 2.39. The minimum atomic E-state index is -4.43. The minimum absolute atomic E-state index is 0. The summed E-state index contributed by atoms with van der Waals surface area (Å²) in [6, 6.07) is 11.1. The number of rotatable bonds is 7. The first-order valence-corrected chi connectivity index (χ1v) is 13.2. The molecule has 1 aliphatic rings. The van der Waals surface area contributed by atoms with Crippen LogP contribution in [0.5, 0.6) is 11.5 Å². The molecule has 1 saturated heterocycles. The number of amides is 1. The molecule has 2 aromatic heterocycles. The van der Waals surface area contributed by atoms with E-state index in [1.165, 1.54) is 25.4 Å². The number of H-pyrrole nitrogens is 1. The lowest BCUT2D eigenvalue weighted by Crippen LogP contribution is -2.41. The molecule has 1 fully saturated rings. The first-order valence-electron chi connectivity index (χ1n) is 11.7. The third-order valence-electron chi connectivity index (χ3n) is 6.43. The Hall–Kier alpha value is -3.86. The number of anilines is 1. The molecule has 11 heteroatoms. The summed E-state index contributed by atoms with van der Waals surface area (Å²) in [5.41, 5.74) is 0.0944. The second kappa shape index (κ2) is 9.89. The topological polar surface area (TPSA) is 131 Å². The van der Waals surface area contributed by atoms with Crippen molar-refractivity contribution in [1.29, 1.82) is 0 Å². The number of ether oxygens (including phenoxy) is 2. The molecule has 10 nitrogen and oxygen atoms in total. The number of methoxy groups -OCH3 is 2. The van der Waals surface area contributed by atoms with Crippen LogP contribution in [0.3, 0.4) is 0 Å². The molecule has 1 aliphatic heterocycles. The number of nitrogens with zero attached hydrogens (tertiary/aromatic N) is 2. The Morgan fingerprint density at radius 3 is 2.54 bits per heavy atom. The minimum Gasteiger partial charge on any atom is -0.493 e. The van der Waals surface area contributed by atoms with Crippen LogP contribution < -0.4 is 24.7 Å². The summed E-state index contributed by atoms with van der Waals surface area (Å²) in [6.07, 6.45) is 2.17. The van der Waals surface area contributed by atoms with E-state index in [2.05, 4.69) is 25.8 Å². The Labute approximate surface area is 217 Å². The smallest absolute Gasteiger partial charge is 0.269 e. The van der Waals surface area contributed by atoms with E-state index >= 15 is 0 Å². The maximum atomic E-state index is 13.4. The van der Waals surface area contributed by atoms with E-state index in [1.807, 2.05) is 21.8 Å². The van der Waals surface area contributed by atoms with Crippen LogP contribution in [0.25, 0.3) is 11.3 Å². The fourth-order valence-corrected chi connectivity index (χ4v) is 5.90. The van der Waals surface area contributed by atoms with E-state index in [0.717, 1.165) is 12.5 Å². The highest BCUT2D eigenvalue weighted by molar-refractivity contribution is 7.90. The third-order valence-corrected chi connectivity index (χ3v) is 7.78. The van der Waals surface area contributed by atoms with Crippen LogP contribution in [0.1, 0.15) is 39.0 Å². The molecule has 0 spiro atoms. The number of carbonyl (C=O) groups is 1. The second-order valence-electron chi connectivity index (χ2n) is 9.64. The number of benzene rings is 1. The molecule has 2 N–H and O–H groups in total. The zero-order valence-electron chi connectivity index (χ0n) is 21.4. The first-order chi connectivity index (χ1) is 17.5. The number of pyridine rings is 2. The quantitative estimate of drug-likeness (QED) is 0.477. The number of para-hydroxylation sites is 1. The maximum Gasteiger partial charge on any atom is 0.269 e. The van der Waals surface area contributed by atoms with Crippen molar-refractivity contribution >= 4 is 21.7 Å². The van der Waals surface area contributed by atoms with Gasteiger partial charge in [-0.05, 0) is 62.6 Å². The average molecular weight is 529 g/mol. The van der Waals surface area contributed by atoms with Gasteiger partial charge in [-0.2, -0.15) is 0 Å². The molecular weight excluding hydrogens is 496 g/mol. The van der Waals surface area contributed by atoms with Gasteiger partial charge < -0.3 is 19.4 Å². The van der Waals surface area contributed by atoms with Crippen molar-refractivity contribution in [2.45, 2.75) is 37.6 Å². The fraction of sp³-hybridized carbons (Fsp3) is 0.346. The molecule has 198 valence electrons. The molecule has 0 unspecified atom stereocenters. The number of aromatic nitrogens is 2. The van der Waals surface area contributed by atoms with Gasteiger partial charge in [0.2, 0.25) is 0 Å². The van der Waals surface area contributed by atoms with Crippen LogP contribution in [0.4, 0.5) is 5.82 Å². The van der Waals surface area contributed by atoms with Crippen LogP contribution in [-0.4, -0.2) is 50.6 Å². The van der Waals surface area contributed by atoms with Crippen molar-refractivity contribution in [3.8, 4) is 22.8 Å². The van der Waals surface area contributed by atoms with E-state index in [-0.39, 0.29) is 12.5 Å². The molecule has 1 amide bonds. The van der Waals surface area contributed by atoms with Crippen LogP contribution in [-0.2, 0) is 10.0 Å². The van der Waals surface area contributed by atoms with E-state index in [0.29, 0.717) is 41.0 Å². The lowest BCUT2D eigenvalue weighted by Gasteiger charge is -2.34. The second-order valence-corrected chi connectivity index (χ2v) is 11.3. The molecule has 3 aromatic rings. The van der Waals surface area contributed by atoms with Gasteiger partial charge >= 0.3 is 0 Å². The SMILES string of the molecule is COc1cccc(-c2ccc(C(=O)NS(=O)(=O)c3ccc[nH]c3=O)c(N3C[C@@H](C)CC3(C)C)n2)c1OC.[HH]. The maximum absolute atomic E-state index is 13.4. The zero-order chi connectivity index (χ0) is 27.0. The number of carbonyl (C=O) groups excluding carboxylic acids is 1. The van der Waals surface area contributed by atoms with Crippen LogP contribution in [0.2, 0.25) is 0 Å². The molecular formula is C26H32N4O6S. The van der Waals surface area contributed by atoms with Gasteiger partial charge in [0, 0.05) is 25.3 Å². The number of hydrogen-bond donors (Lipinski definition) is 2. The summed E-state index contributed by atoms with van der Waals surface area (Å²) >= 11 is 0. The molecule has 1 aromatic carbocycles. The largest absolute Gasteiger partial charge is 0.493 e. The van der Waals surface area contributed by atoms with Gasteiger partial charge in [-0.1, -0.05) is 13.0 Å². The number of aromatic amines is 1. The zero-order valence-corrected chi connectivity index (χ0v) is 22.2. The number of hydrogen-bond acceptors (Lipinski definition) is 8. The Balaban J connectivity index is 0.00000400. The number of nitrogens with one attached hydrogen (secondary N) is 2. The average Bonchev–Trinajstić information content (AvgIpc) is 3.14. The van der Waals surface area contributed by atoms with Crippen LogP contribution >= 0.6 is 0 Å². The number of sulfonamides is 1.